The maximum Gasteiger partial charge on any atom is 0.416 e. The largest absolute Gasteiger partial charge is 0.479 e. The van der Waals surface area contributed by atoms with Crippen molar-refractivity contribution < 1.29 is 27.9 Å². The molecule has 7 heteroatoms. The zero-order chi connectivity index (χ0) is 15.6. The number of amides is 1. The number of carbonyl (C=O) groups excluding carboxylic acids is 1. The fourth-order valence-corrected chi connectivity index (χ4v) is 1.91. The predicted molar refractivity (Wildman–Crippen MR) is 64.9 cm³/mol. The van der Waals surface area contributed by atoms with Crippen molar-refractivity contribution in [2.75, 3.05) is 6.54 Å². The average molecular weight is 289 g/mol. The first-order valence-corrected chi connectivity index (χ1v) is 5.81. The Bertz CT molecular complexity index is 516. The number of hydrogen-bond acceptors (Lipinski definition) is 2. The van der Waals surface area contributed by atoms with E-state index in [2.05, 4.69) is 0 Å². The molecule has 0 fully saturated rings. The number of benzene rings is 1. The minimum atomic E-state index is -4.58. The van der Waals surface area contributed by atoms with Crippen LogP contribution in [0, 0.1) is 0 Å². The molecule has 1 atom stereocenters. The van der Waals surface area contributed by atoms with Crippen molar-refractivity contribution in [3.63, 3.8) is 0 Å². The molecule has 4 nitrogen and oxygen atoms in total. The fraction of sp³-hybridized carbons (Fsp3) is 0.385. The van der Waals surface area contributed by atoms with Crippen LogP contribution in [0.5, 0.6) is 0 Å². The molecule has 0 aromatic heterocycles. The van der Waals surface area contributed by atoms with Crippen LogP contribution in [0.1, 0.15) is 25.0 Å². The fourth-order valence-electron chi connectivity index (χ4n) is 1.91. The summed E-state index contributed by atoms with van der Waals surface area (Å²) in [4.78, 5) is 23.4. The molecule has 0 aliphatic rings. The lowest BCUT2D eigenvalue weighted by molar-refractivity contribution is -0.155. The van der Waals surface area contributed by atoms with Gasteiger partial charge < -0.3 is 10.0 Å². The molecule has 0 spiro atoms. The Hall–Kier alpha value is -2.05. The van der Waals surface area contributed by atoms with Gasteiger partial charge in [-0.1, -0.05) is 12.1 Å². The Morgan fingerprint density at radius 2 is 1.90 bits per heavy atom. The van der Waals surface area contributed by atoms with E-state index >= 15 is 0 Å². The Morgan fingerprint density at radius 1 is 1.35 bits per heavy atom. The molecule has 1 rings (SSSR count). The summed E-state index contributed by atoms with van der Waals surface area (Å²) in [6.07, 6.45) is -4.26. The highest BCUT2D eigenvalue weighted by atomic mass is 19.4. The molecular weight excluding hydrogens is 275 g/mol. The molecule has 20 heavy (non-hydrogen) atoms. The first-order valence-electron chi connectivity index (χ1n) is 5.81. The van der Waals surface area contributed by atoms with Gasteiger partial charge in [0.1, 0.15) is 0 Å². The van der Waals surface area contributed by atoms with Crippen molar-refractivity contribution in [1.82, 2.24) is 4.90 Å². The summed E-state index contributed by atoms with van der Waals surface area (Å²) in [5.41, 5.74) is -2.91. The smallest absolute Gasteiger partial charge is 0.416 e. The third-order valence-corrected chi connectivity index (χ3v) is 3.21. The number of likely N-dealkylation sites (N-methyl/N-ethyl adjacent to an activating group) is 1. The first-order chi connectivity index (χ1) is 9.17. The quantitative estimate of drug-likeness (QED) is 0.847. The van der Waals surface area contributed by atoms with Crippen molar-refractivity contribution in [3.8, 4) is 0 Å². The van der Waals surface area contributed by atoms with Gasteiger partial charge >= 0.3 is 12.1 Å². The SMILES string of the molecule is CCN(C=O)C(C)(C(=O)O)c1cccc(C(F)(F)F)c1. The van der Waals surface area contributed by atoms with E-state index in [1.54, 1.807) is 6.92 Å². The molecule has 1 amide bonds. The number of carboxylic acid groups (broad SMARTS) is 1. The van der Waals surface area contributed by atoms with Gasteiger partial charge in [0.2, 0.25) is 6.41 Å². The Labute approximate surface area is 113 Å². The summed E-state index contributed by atoms with van der Waals surface area (Å²) in [6.45, 7) is 2.80. The van der Waals surface area contributed by atoms with Gasteiger partial charge in [0.05, 0.1) is 5.56 Å². The molecule has 0 radical (unpaired) electrons. The maximum atomic E-state index is 12.7. The number of rotatable bonds is 5. The minimum absolute atomic E-state index is 0.0581. The Morgan fingerprint density at radius 3 is 2.30 bits per heavy atom. The van der Waals surface area contributed by atoms with E-state index in [0.29, 0.717) is 6.41 Å². The zero-order valence-electron chi connectivity index (χ0n) is 10.9. The molecule has 1 unspecified atom stereocenters. The topological polar surface area (TPSA) is 57.6 Å². The summed E-state index contributed by atoms with van der Waals surface area (Å²) >= 11 is 0. The molecule has 0 heterocycles. The van der Waals surface area contributed by atoms with E-state index < -0.39 is 23.2 Å². The normalized spacial score (nSPS) is 14.4. The maximum absolute atomic E-state index is 12.7. The molecule has 0 saturated carbocycles. The molecule has 1 aromatic rings. The van der Waals surface area contributed by atoms with E-state index in [0.717, 1.165) is 23.1 Å². The van der Waals surface area contributed by atoms with E-state index in [1.807, 2.05) is 0 Å². The predicted octanol–water partition coefficient (Wildman–Crippen LogP) is 2.48. The van der Waals surface area contributed by atoms with Crippen LogP contribution in [0.2, 0.25) is 0 Å². The van der Waals surface area contributed by atoms with Crippen molar-refractivity contribution in [1.29, 1.82) is 0 Å². The summed E-state index contributed by atoms with van der Waals surface area (Å²) in [5.74, 6) is -1.40. The number of aliphatic carboxylic acids is 1. The van der Waals surface area contributed by atoms with Crippen LogP contribution in [-0.2, 0) is 21.3 Å². The first kappa shape index (κ1) is 16.0. The number of carboxylic acids is 1. The molecular formula is C13H14F3NO3. The summed E-state index contributed by atoms with van der Waals surface area (Å²) < 4.78 is 38.1. The molecule has 0 saturated heterocycles. The van der Waals surface area contributed by atoms with E-state index in [1.165, 1.54) is 13.0 Å². The van der Waals surface area contributed by atoms with Crippen LogP contribution >= 0.6 is 0 Å². The highest BCUT2D eigenvalue weighted by Crippen LogP contribution is 2.34. The highest BCUT2D eigenvalue weighted by molar-refractivity contribution is 5.83. The molecule has 0 aliphatic carbocycles. The van der Waals surface area contributed by atoms with Crippen LogP contribution in [-0.4, -0.2) is 28.9 Å². The molecule has 1 aromatic carbocycles. The monoisotopic (exact) mass is 289 g/mol. The Balaban J connectivity index is 3.44. The third-order valence-electron chi connectivity index (χ3n) is 3.21. The number of hydrogen-bond donors (Lipinski definition) is 1. The summed E-state index contributed by atoms with van der Waals surface area (Å²) in [6, 6.07) is 3.98. The van der Waals surface area contributed by atoms with Crippen LogP contribution in [0.3, 0.4) is 0 Å². The van der Waals surface area contributed by atoms with Gasteiger partial charge in [0.25, 0.3) is 0 Å². The van der Waals surface area contributed by atoms with Crippen molar-refractivity contribution in [3.05, 3.63) is 35.4 Å². The second-order valence-corrected chi connectivity index (χ2v) is 4.35. The van der Waals surface area contributed by atoms with E-state index in [4.69, 9.17) is 0 Å². The molecule has 110 valence electrons. The van der Waals surface area contributed by atoms with Crippen LogP contribution in [0.4, 0.5) is 13.2 Å². The van der Waals surface area contributed by atoms with E-state index in [9.17, 15) is 27.9 Å². The number of alkyl halides is 3. The lowest BCUT2D eigenvalue weighted by Gasteiger charge is -2.35. The average Bonchev–Trinajstić information content (AvgIpc) is 2.38. The van der Waals surface area contributed by atoms with Crippen LogP contribution in [0.25, 0.3) is 0 Å². The second kappa shape index (κ2) is 5.52. The number of carbonyl (C=O) groups is 2. The number of halogens is 3. The van der Waals surface area contributed by atoms with Crippen molar-refractivity contribution >= 4 is 12.4 Å². The zero-order valence-corrected chi connectivity index (χ0v) is 10.9. The van der Waals surface area contributed by atoms with Gasteiger partial charge in [-0.2, -0.15) is 13.2 Å². The van der Waals surface area contributed by atoms with Gasteiger partial charge in [-0.25, -0.2) is 4.79 Å². The van der Waals surface area contributed by atoms with Crippen LogP contribution in [0.15, 0.2) is 24.3 Å². The van der Waals surface area contributed by atoms with Crippen molar-refractivity contribution in [2.45, 2.75) is 25.6 Å². The summed E-state index contributed by atoms with van der Waals surface area (Å²) in [5, 5.41) is 9.33. The van der Waals surface area contributed by atoms with Gasteiger partial charge in [-0.3, -0.25) is 4.79 Å². The van der Waals surface area contributed by atoms with Gasteiger partial charge in [0, 0.05) is 6.54 Å². The third kappa shape index (κ3) is 2.76. The molecule has 0 bridgehead atoms. The number of nitrogens with zero attached hydrogens (tertiary/aromatic N) is 1. The lowest BCUT2D eigenvalue weighted by Crippen LogP contribution is -2.49. The van der Waals surface area contributed by atoms with Crippen LogP contribution < -0.4 is 0 Å². The standard InChI is InChI=1S/C13H14F3NO3/c1-3-17(8-18)12(2,11(19)20)9-5-4-6-10(7-9)13(14,15)16/h4-8H,3H2,1-2H3,(H,19,20). The second-order valence-electron chi connectivity index (χ2n) is 4.35. The Kier molecular flexibility index (Phi) is 4.42. The highest BCUT2D eigenvalue weighted by Gasteiger charge is 2.42. The van der Waals surface area contributed by atoms with Gasteiger partial charge in [-0.15, -0.1) is 0 Å². The molecule has 0 aliphatic heterocycles. The van der Waals surface area contributed by atoms with Gasteiger partial charge in [0.15, 0.2) is 5.54 Å². The van der Waals surface area contributed by atoms with Gasteiger partial charge in [-0.05, 0) is 31.5 Å². The lowest BCUT2D eigenvalue weighted by atomic mass is 9.89. The van der Waals surface area contributed by atoms with E-state index in [-0.39, 0.29) is 12.1 Å². The minimum Gasteiger partial charge on any atom is -0.479 e. The molecule has 1 N–H and O–H groups in total. The van der Waals surface area contributed by atoms with Crippen molar-refractivity contribution in [2.24, 2.45) is 0 Å². The summed E-state index contributed by atoms with van der Waals surface area (Å²) in [7, 11) is 0.